The molecule has 0 atom stereocenters. The molecule has 0 radical (unpaired) electrons. The number of amides is 1. The Morgan fingerprint density at radius 3 is 2.52 bits per heavy atom. The van der Waals surface area contributed by atoms with Gasteiger partial charge in [-0.1, -0.05) is 12.1 Å². The van der Waals surface area contributed by atoms with E-state index in [-0.39, 0.29) is 18.9 Å². The monoisotopic (exact) mass is 366 g/mol. The fourth-order valence-electron chi connectivity index (χ4n) is 2.15. The van der Waals surface area contributed by atoms with Gasteiger partial charge in [-0.3, -0.25) is 4.79 Å². The zero-order valence-corrected chi connectivity index (χ0v) is 13.7. The van der Waals surface area contributed by atoms with E-state index in [0.717, 1.165) is 27.4 Å². The van der Waals surface area contributed by atoms with Crippen molar-refractivity contribution in [3.05, 3.63) is 59.1 Å². The first-order chi connectivity index (χ1) is 11.9. The van der Waals surface area contributed by atoms with Gasteiger partial charge in [0.2, 0.25) is 5.91 Å². The van der Waals surface area contributed by atoms with Gasteiger partial charge in [-0.05, 0) is 36.4 Å². The van der Waals surface area contributed by atoms with Crippen molar-refractivity contribution in [3.8, 4) is 0 Å². The second-order valence-corrected chi connectivity index (χ2v) is 6.31. The molecular formula is C17H13F3N2O2S. The molecule has 1 N–H and O–H groups in total. The average molecular weight is 366 g/mol. The first kappa shape index (κ1) is 17.4. The predicted octanol–water partition coefficient (Wildman–Crippen LogP) is 4.47. The van der Waals surface area contributed by atoms with Gasteiger partial charge in [0.15, 0.2) is 0 Å². The number of hydrogen-bond acceptors (Lipinski definition) is 4. The van der Waals surface area contributed by atoms with Crippen molar-refractivity contribution in [2.45, 2.75) is 12.8 Å². The molecule has 0 aliphatic heterocycles. The number of aromatic nitrogens is 1. The van der Waals surface area contributed by atoms with Crippen molar-refractivity contribution >= 4 is 33.1 Å². The van der Waals surface area contributed by atoms with Crippen LogP contribution in [0.5, 0.6) is 0 Å². The first-order valence-electron chi connectivity index (χ1n) is 7.31. The van der Waals surface area contributed by atoms with E-state index in [4.69, 9.17) is 4.74 Å². The van der Waals surface area contributed by atoms with Crippen LogP contribution in [0.2, 0.25) is 0 Å². The van der Waals surface area contributed by atoms with Crippen molar-refractivity contribution in [1.82, 2.24) is 4.98 Å². The van der Waals surface area contributed by atoms with Crippen LogP contribution >= 0.6 is 11.3 Å². The molecule has 0 spiro atoms. The van der Waals surface area contributed by atoms with Crippen molar-refractivity contribution in [2.24, 2.45) is 0 Å². The minimum Gasteiger partial charge on any atom is -0.364 e. The Morgan fingerprint density at radius 2 is 1.84 bits per heavy atom. The highest BCUT2D eigenvalue weighted by Gasteiger charge is 2.29. The highest BCUT2D eigenvalue weighted by Crippen LogP contribution is 2.29. The summed E-state index contributed by atoms with van der Waals surface area (Å²) in [5.41, 5.74) is 0.388. The van der Waals surface area contributed by atoms with Crippen LogP contribution in [0.4, 0.5) is 18.9 Å². The third-order valence-electron chi connectivity index (χ3n) is 3.29. The van der Waals surface area contributed by atoms with E-state index in [1.807, 2.05) is 24.3 Å². The summed E-state index contributed by atoms with van der Waals surface area (Å²) >= 11 is 1.48. The number of carbonyl (C=O) groups is 1. The largest absolute Gasteiger partial charge is 0.416 e. The van der Waals surface area contributed by atoms with E-state index in [0.29, 0.717) is 0 Å². The van der Waals surface area contributed by atoms with Gasteiger partial charge >= 0.3 is 6.18 Å². The molecule has 0 fully saturated rings. The van der Waals surface area contributed by atoms with Gasteiger partial charge in [0.25, 0.3) is 0 Å². The zero-order chi connectivity index (χ0) is 17.9. The van der Waals surface area contributed by atoms with Crippen LogP contribution in [-0.4, -0.2) is 17.5 Å². The molecule has 4 nitrogen and oxygen atoms in total. The number of thiazole rings is 1. The maximum absolute atomic E-state index is 12.5. The minimum absolute atomic E-state index is 0.194. The van der Waals surface area contributed by atoms with Crippen molar-refractivity contribution in [2.75, 3.05) is 11.9 Å². The molecule has 0 aliphatic carbocycles. The maximum Gasteiger partial charge on any atom is 0.416 e. The van der Waals surface area contributed by atoms with Crippen molar-refractivity contribution < 1.29 is 22.7 Å². The number of halogens is 3. The molecule has 2 aromatic carbocycles. The standard InChI is InChI=1S/C17H13F3N2O2S/c18-17(19,20)11-5-7-12(8-6-11)21-15(23)9-24-10-16-22-13-3-1-2-4-14(13)25-16/h1-8H,9-10H2,(H,21,23). The van der Waals surface area contributed by atoms with Crippen LogP contribution in [0.1, 0.15) is 10.6 Å². The van der Waals surface area contributed by atoms with Crippen LogP contribution in [0.15, 0.2) is 48.5 Å². The molecule has 0 saturated heterocycles. The van der Waals surface area contributed by atoms with Crippen LogP contribution in [-0.2, 0) is 22.3 Å². The number of para-hydroxylation sites is 1. The number of fused-ring (bicyclic) bond motifs is 1. The molecule has 3 aromatic rings. The Bertz CT molecular complexity index is 842. The zero-order valence-electron chi connectivity index (χ0n) is 12.8. The van der Waals surface area contributed by atoms with Crippen LogP contribution in [0, 0.1) is 0 Å². The summed E-state index contributed by atoms with van der Waals surface area (Å²) in [6.07, 6.45) is -4.40. The maximum atomic E-state index is 12.5. The molecule has 25 heavy (non-hydrogen) atoms. The van der Waals surface area contributed by atoms with E-state index in [1.54, 1.807) is 0 Å². The Morgan fingerprint density at radius 1 is 1.12 bits per heavy atom. The molecule has 0 unspecified atom stereocenters. The van der Waals surface area contributed by atoms with Gasteiger partial charge < -0.3 is 10.1 Å². The fourth-order valence-corrected chi connectivity index (χ4v) is 3.06. The highest BCUT2D eigenvalue weighted by atomic mass is 32.1. The summed E-state index contributed by atoms with van der Waals surface area (Å²) in [5, 5.41) is 3.24. The van der Waals surface area contributed by atoms with Gasteiger partial charge in [0.05, 0.1) is 22.4 Å². The van der Waals surface area contributed by atoms with E-state index in [1.165, 1.54) is 23.5 Å². The van der Waals surface area contributed by atoms with Crippen LogP contribution < -0.4 is 5.32 Å². The van der Waals surface area contributed by atoms with Gasteiger partial charge in [-0.2, -0.15) is 13.2 Å². The minimum atomic E-state index is -4.40. The molecule has 0 saturated carbocycles. The van der Waals surface area contributed by atoms with Gasteiger partial charge in [0, 0.05) is 5.69 Å². The second-order valence-electron chi connectivity index (χ2n) is 5.19. The molecule has 3 rings (SSSR count). The lowest BCUT2D eigenvalue weighted by molar-refractivity contribution is -0.137. The van der Waals surface area contributed by atoms with E-state index >= 15 is 0 Å². The molecule has 1 amide bonds. The van der Waals surface area contributed by atoms with E-state index < -0.39 is 17.6 Å². The van der Waals surface area contributed by atoms with E-state index in [9.17, 15) is 18.0 Å². The summed E-state index contributed by atoms with van der Waals surface area (Å²) in [6, 6.07) is 11.9. The lowest BCUT2D eigenvalue weighted by atomic mass is 10.2. The smallest absolute Gasteiger partial charge is 0.364 e. The Labute approximate surface area is 145 Å². The normalized spacial score (nSPS) is 11.6. The van der Waals surface area contributed by atoms with Crippen LogP contribution in [0.3, 0.4) is 0 Å². The Kier molecular flexibility index (Phi) is 5.00. The lowest BCUT2D eigenvalue weighted by Crippen LogP contribution is -2.18. The highest BCUT2D eigenvalue weighted by molar-refractivity contribution is 7.18. The fraction of sp³-hybridized carbons (Fsp3) is 0.176. The summed E-state index contributed by atoms with van der Waals surface area (Å²) in [6.45, 7) is -0.0171. The molecule has 1 heterocycles. The number of nitrogens with zero attached hydrogens (tertiary/aromatic N) is 1. The number of hydrogen-bond donors (Lipinski definition) is 1. The number of benzene rings is 2. The predicted molar refractivity (Wildman–Crippen MR) is 89.3 cm³/mol. The molecule has 1 aromatic heterocycles. The van der Waals surface area contributed by atoms with Gasteiger partial charge in [0.1, 0.15) is 11.6 Å². The number of nitrogens with one attached hydrogen (secondary N) is 1. The van der Waals surface area contributed by atoms with Crippen molar-refractivity contribution in [3.63, 3.8) is 0 Å². The molecule has 130 valence electrons. The SMILES string of the molecule is O=C(COCc1nc2ccccc2s1)Nc1ccc(C(F)(F)F)cc1. The Hall–Kier alpha value is -2.45. The lowest BCUT2D eigenvalue weighted by Gasteiger charge is -2.08. The number of anilines is 1. The number of carbonyl (C=O) groups excluding carboxylic acids is 1. The summed E-state index contributed by atoms with van der Waals surface area (Å²) in [5.74, 6) is -0.444. The van der Waals surface area contributed by atoms with Gasteiger partial charge in [-0.25, -0.2) is 4.98 Å². The second kappa shape index (κ2) is 7.20. The molecule has 8 heteroatoms. The Balaban J connectivity index is 1.49. The van der Waals surface area contributed by atoms with Gasteiger partial charge in [-0.15, -0.1) is 11.3 Å². The number of alkyl halides is 3. The van der Waals surface area contributed by atoms with Crippen molar-refractivity contribution in [1.29, 1.82) is 0 Å². The topological polar surface area (TPSA) is 51.2 Å². The summed E-state index contributed by atoms with van der Waals surface area (Å²) in [4.78, 5) is 16.2. The quantitative estimate of drug-likeness (QED) is 0.725. The third-order valence-corrected chi connectivity index (χ3v) is 4.30. The third kappa shape index (κ3) is 4.55. The summed E-state index contributed by atoms with van der Waals surface area (Å²) < 4.78 is 43.8. The number of rotatable bonds is 5. The first-order valence-corrected chi connectivity index (χ1v) is 8.13. The average Bonchev–Trinajstić information content (AvgIpc) is 2.97. The van der Waals surface area contributed by atoms with Crippen LogP contribution in [0.25, 0.3) is 10.2 Å². The molecule has 0 bridgehead atoms. The molecular weight excluding hydrogens is 353 g/mol. The number of ether oxygens (including phenoxy) is 1. The van der Waals surface area contributed by atoms with E-state index in [2.05, 4.69) is 10.3 Å². The molecule has 0 aliphatic rings. The summed E-state index contributed by atoms with van der Waals surface area (Å²) in [7, 11) is 0.